The predicted molar refractivity (Wildman–Crippen MR) is 106 cm³/mol. The fraction of sp³-hybridized carbons (Fsp3) is 0.300. The summed E-state index contributed by atoms with van der Waals surface area (Å²) < 4.78 is 22.2. The molecule has 0 aromatic heterocycles. The molecule has 3 rings (SSSR count). The number of carbonyl (C=O) groups is 1. The lowest BCUT2D eigenvalue weighted by Crippen LogP contribution is -2.17. The van der Waals surface area contributed by atoms with Gasteiger partial charge in [0.2, 0.25) is 18.3 Å². The highest BCUT2D eigenvalue weighted by Crippen LogP contribution is 2.52. The Kier molecular flexibility index (Phi) is 6.26. The summed E-state index contributed by atoms with van der Waals surface area (Å²) in [5.41, 5.74) is 4.37. The lowest BCUT2D eigenvalue weighted by atomic mass is 9.99. The molecule has 2 aromatic rings. The third kappa shape index (κ3) is 3.99. The number of hydrogen-bond acceptors (Lipinski definition) is 6. The fourth-order valence-electron chi connectivity index (χ4n) is 2.98. The number of nitrogens with one attached hydrogen (secondary N) is 1. The van der Waals surface area contributed by atoms with Gasteiger partial charge < -0.3 is 18.9 Å². The van der Waals surface area contributed by atoms with Crippen LogP contribution in [0.15, 0.2) is 35.4 Å². The molecular weight excluding hydrogens is 384 g/mol. The quantitative estimate of drug-likeness (QED) is 0.435. The molecular formula is C20H21ClN2O5. The molecule has 2 aromatic carbocycles. The molecule has 1 N–H and O–H groups in total. The summed E-state index contributed by atoms with van der Waals surface area (Å²) in [6.45, 7) is 1.93. The van der Waals surface area contributed by atoms with Gasteiger partial charge in [-0.3, -0.25) is 4.79 Å². The van der Waals surface area contributed by atoms with Gasteiger partial charge in [0.1, 0.15) is 0 Å². The minimum Gasteiger partial charge on any atom is -0.492 e. The summed E-state index contributed by atoms with van der Waals surface area (Å²) in [5.74, 6) is 1.53. The van der Waals surface area contributed by atoms with Crippen molar-refractivity contribution in [2.45, 2.75) is 18.7 Å². The van der Waals surface area contributed by atoms with E-state index in [9.17, 15) is 4.79 Å². The molecule has 1 aliphatic heterocycles. The number of ether oxygens (including phenoxy) is 4. The number of benzene rings is 2. The number of nitrogens with zero attached hydrogens (tertiary/aromatic N) is 1. The number of halogens is 1. The highest BCUT2D eigenvalue weighted by atomic mass is 35.5. The Morgan fingerprint density at radius 3 is 2.46 bits per heavy atom. The Morgan fingerprint density at radius 1 is 1.21 bits per heavy atom. The second kappa shape index (κ2) is 8.84. The van der Waals surface area contributed by atoms with E-state index in [-0.39, 0.29) is 18.1 Å². The zero-order valence-corrected chi connectivity index (χ0v) is 16.6. The summed E-state index contributed by atoms with van der Waals surface area (Å²) in [7, 11) is 3.07. The van der Waals surface area contributed by atoms with Crippen molar-refractivity contribution in [3.05, 3.63) is 47.0 Å². The van der Waals surface area contributed by atoms with E-state index in [2.05, 4.69) is 10.5 Å². The maximum atomic E-state index is 12.2. The maximum absolute atomic E-state index is 12.2. The highest BCUT2D eigenvalue weighted by Gasteiger charge is 2.31. The largest absolute Gasteiger partial charge is 0.492 e. The molecule has 0 bridgehead atoms. The van der Waals surface area contributed by atoms with Crippen LogP contribution in [0.3, 0.4) is 0 Å². The summed E-state index contributed by atoms with van der Waals surface area (Å²) in [5, 5.41) is 3.92. The van der Waals surface area contributed by atoms with E-state index in [0.717, 1.165) is 5.56 Å². The van der Waals surface area contributed by atoms with Crippen molar-refractivity contribution < 1.29 is 23.7 Å². The third-order valence-electron chi connectivity index (χ3n) is 4.16. The Balaban J connectivity index is 1.99. The first kappa shape index (κ1) is 19.8. The van der Waals surface area contributed by atoms with Gasteiger partial charge in [0.15, 0.2) is 11.5 Å². The van der Waals surface area contributed by atoms with E-state index in [4.69, 9.17) is 30.5 Å². The lowest BCUT2D eigenvalue weighted by molar-refractivity contribution is 0.0955. The van der Waals surface area contributed by atoms with Gasteiger partial charge in [-0.1, -0.05) is 18.2 Å². The summed E-state index contributed by atoms with van der Waals surface area (Å²) in [6.07, 6.45) is 1.98. The van der Waals surface area contributed by atoms with E-state index in [1.54, 1.807) is 31.4 Å². The van der Waals surface area contributed by atoms with Crippen LogP contribution in [-0.2, 0) is 6.42 Å². The number of hydrazone groups is 1. The fourth-order valence-corrected chi connectivity index (χ4v) is 3.14. The van der Waals surface area contributed by atoms with Crippen molar-refractivity contribution in [3.63, 3.8) is 0 Å². The van der Waals surface area contributed by atoms with Gasteiger partial charge in [-0.2, -0.15) is 5.10 Å². The molecule has 1 atom stereocenters. The molecule has 0 spiro atoms. The Morgan fingerprint density at radius 2 is 1.86 bits per heavy atom. The Bertz CT molecular complexity index is 884. The van der Waals surface area contributed by atoms with Gasteiger partial charge in [0.25, 0.3) is 5.91 Å². The third-order valence-corrected chi connectivity index (χ3v) is 4.31. The lowest BCUT2D eigenvalue weighted by Gasteiger charge is -2.18. The normalized spacial score (nSPS) is 13.4. The number of alkyl halides is 1. The average Bonchev–Trinajstić information content (AvgIpc) is 3.17. The number of rotatable bonds is 7. The van der Waals surface area contributed by atoms with Crippen LogP contribution in [0.1, 0.15) is 28.4 Å². The van der Waals surface area contributed by atoms with Gasteiger partial charge in [0.05, 0.1) is 20.4 Å². The Hall–Kier alpha value is -2.93. The molecule has 0 unspecified atom stereocenters. The standard InChI is InChI=1S/C20H21ClN2O5/c1-12(21)9-14-15(10-22-23-20(24)13-7-5-4-6-8-13)17(26-3)19-18(16(14)25-2)27-11-28-19/h4-8,10,12H,9,11H2,1-3H3,(H,23,24)/b22-10-/t12-/m1/s1. The highest BCUT2D eigenvalue weighted by molar-refractivity contribution is 6.20. The number of amides is 1. The molecule has 8 heteroatoms. The van der Waals surface area contributed by atoms with Crippen molar-refractivity contribution in [1.29, 1.82) is 0 Å². The minimum atomic E-state index is -0.323. The first-order chi connectivity index (χ1) is 13.6. The maximum Gasteiger partial charge on any atom is 0.271 e. The molecule has 0 fully saturated rings. The number of fused-ring (bicyclic) bond motifs is 1. The summed E-state index contributed by atoms with van der Waals surface area (Å²) in [4.78, 5) is 12.2. The molecule has 0 saturated heterocycles. The minimum absolute atomic E-state index is 0.0588. The van der Waals surface area contributed by atoms with E-state index in [0.29, 0.717) is 40.5 Å². The number of carbonyl (C=O) groups excluding carboxylic acids is 1. The van der Waals surface area contributed by atoms with E-state index >= 15 is 0 Å². The van der Waals surface area contributed by atoms with Gasteiger partial charge in [-0.15, -0.1) is 11.6 Å². The van der Waals surface area contributed by atoms with Crippen LogP contribution in [0, 0.1) is 0 Å². The smallest absolute Gasteiger partial charge is 0.271 e. The summed E-state index contributed by atoms with van der Waals surface area (Å²) >= 11 is 6.24. The molecule has 28 heavy (non-hydrogen) atoms. The van der Waals surface area contributed by atoms with Crippen molar-refractivity contribution in [2.24, 2.45) is 5.10 Å². The Labute approximate surface area is 168 Å². The zero-order valence-electron chi connectivity index (χ0n) is 15.8. The number of methoxy groups -OCH3 is 2. The van der Waals surface area contributed by atoms with Crippen molar-refractivity contribution in [2.75, 3.05) is 21.0 Å². The van der Waals surface area contributed by atoms with Crippen molar-refractivity contribution >= 4 is 23.7 Å². The van der Waals surface area contributed by atoms with Crippen LogP contribution < -0.4 is 24.4 Å². The molecule has 0 aliphatic carbocycles. The van der Waals surface area contributed by atoms with Crippen LogP contribution in [0.4, 0.5) is 0 Å². The van der Waals surface area contributed by atoms with Crippen LogP contribution >= 0.6 is 11.6 Å². The first-order valence-electron chi connectivity index (χ1n) is 8.65. The number of hydrogen-bond donors (Lipinski definition) is 1. The van der Waals surface area contributed by atoms with Crippen LogP contribution in [0.2, 0.25) is 0 Å². The van der Waals surface area contributed by atoms with Crippen molar-refractivity contribution in [3.8, 4) is 23.0 Å². The summed E-state index contributed by atoms with van der Waals surface area (Å²) in [6, 6.07) is 8.81. The molecule has 1 heterocycles. The van der Waals surface area contributed by atoms with Gasteiger partial charge in [-0.25, -0.2) is 5.43 Å². The zero-order chi connectivity index (χ0) is 20.1. The molecule has 0 saturated carbocycles. The second-order valence-electron chi connectivity index (χ2n) is 6.07. The molecule has 1 aliphatic rings. The topological polar surface area (TPSA) is 78.4 Å². The molecule has 0 radical (unpaired) electrons. The molecule has 148 valence electrons. The first-order valence-corrected chi connectivity index (χ1v) is 9.09. The van der Waals surface area contributed by atoms with E-state index < -0.39 is 0 Å². The van der Waals surface area contributed by atoms with Crippen LogP contribution in [-0.4, -0.2) is 38.5 Å². The van der Waals surface area contributed by atoms with Gasteiger partial charge in [-0.05, 0) is 25.5 Å². The van der Waals surface area contributed by atoms with E-state index in [1.165, 1.54) is 13.3 Å². The van der Waals surface area contributed by atoms with Crippen molar-refractivity contribution in [1.82, 2.24) is 5.43 Å². The van der Waals surface area contributed by atoms with Crippen LogP contribution in [0.25, 0.3) is 0 Å². The monoisotopic (exact) mass is 404 g/mol. The predicted octanol–water partition coefficient (Wildman–Crippen LogP) is 3.37. The van der Waals surface area contributed by atoms with Gasteiger partial charge in [0, 0.05) is 22.1 Å². The second-order valence-corrected chi connectivity index (χ2v) is 6.82. The molecule has 7 nitrogen and oxygen atoms in total. The van der Waals surface area contributed by atoms with E-state index in [1.807, 2.05) is 13.0 Å². The average molecular weight is 405 g/mol. The SMILES string of the molecule is COc1c(/C=N\NC(=O)c2ccccc2)c(C[C@@H](C)Cl)c(OC)c2c1OCO2. The van der Waals surface area contributed by atoms with Crippen LogP contribution in [0.5, 0.6) is 23.0 Å². The molecule has 1 amide bonds. The van der Waals surface area contributed by atoms with Gasteiger partial charge >= 0.3 is 0 Å².